The topological polar surface area (TPSA) is 98.2 Å². The van der Waals surface area contributed by atoms with Crippen LogP contribution in [0.25, 0.3) is 0 Å². The third kappa shape index (κ3) is 6.96. The van der Waals surface area contributed by atoms with Gasteiger partial charge in [-0.3, -0.25) is 9.59 Å². The Hall–Kier alpha value is -4.59. The molecule has 0 aliphatic carbocycles. The number of nitrogens with zero attached hydrogens (tertiary/aromatic N) is 1. The number of carbonyl (C=O) groups is 2. The molecule has 0 aromatic heterocycles. The smallest absolute Gasteiger partial charge is 0.329 e. The van der Waals surface area contributed by atoms with E-state index in [9.17, 15) is 9.59 Å². The van der Waals surface area contributed by atoms with Gasteiger partial charge in [0.25, 0.3) is 0 Å². The lowest BCUT2D eigenvalue weighted by atomic mass is 10.2. The second kappa shape index (κ2) is 11.7. The van der Waals surface area contributed by atoms with E-state index in [1.807, 2.05) is 30.3 Å². The predicted molar refractivity (Wildman–Crippen MR) is 126 cm³/mol. The van der Waals surface area contributed by atoms with Gasteiger partial charge in [-0.15, -0.1) is 0 Å². The first-order valence-corrected chi connectivity index (χ1v) is 9.98. The van der Waals surface area contributed by atoms with E-state index in [0.717, 1.165) is 0 Å². The molecule has 3 aromatic rings. The van der Waals surface area contributed by atoms with Crippen LogP contribution in [0, 0.1) is 0 Å². The molecular weight excluding hydrogens is 422 g/mol. The number of benzene rings is 3. The third-order valence-corrected chi connectivity index (χ3v) is 4.22. The Morgan fingerprint density at radius 1 is 0.939 bits per heavy atom. The number of nitrogens with one attached hydrogen (secondary N) is 2. The highest BCUT2D eigenvalue weighted by atomic mass is 16.5. The van der Waals surface area contributed by atoms with Gasteiger partial charge in [-0.1, -0.05) is 30.9 Å². The van der Waals surface area contributed by atoms with Crippen LogP contribution in [-0.4, -0.2) is 31.7 Å². The number of hydrogen-bond acceptors (Lipinski definition) is 6. The van der Waals surface area contributed by atoms with Crippen LogP contribution >= 0.6 is 0 Å². The molecule has 3 aromatic carbocycles. The molecule has 8 heteroatoms. The summed E-state index contributed by atoms with van der Waals surface area (Å²) in [4.78, 5) is 24.1. The number of methoxy groups -OCH3 is 1. The number of rotatable bonds is 9. The van der Waals surface area contributed by atoms with Crippen molar-refractivity contribution in [1.29, 1.82) is 0 Å². The van der Waals surface area contributed by atoms with Gasteiger partial charge in [0.1, 0.15) is 18.1 Å². The van der Waals surface area contributed by atoms with Gasteiger partial charge in [-0.05, 0) is 60.2 Å². The van der Waals surface area contributed by atoms with E-state index in [1.54, 1.807) is 48.5 Å². The van der Waals surface area contributed by atoms with Crippen molar-refractivity contribution in [1.82, 2.24) is 5.43 Å². The van der Waals surface area contributed by atoms with Crippen LogP contribution in [0.4, 0.5) is 5.69 Å². The Morgan fingerprint density at radius 2 is 1.67 bits per heavy atom. The van der Waals surface area contributed by atoms with Gasteiger partial charge < -0.3 is 19.5 Å². The van der Waals surface area contributed by atoms with Gasteiger partial charge in [-0.25, -0.2) is 5.43 Å². The van der Waals surface area contributed by atoms with E-state index in [-0.39, 0.29) is 0 Å². The van der Waals surface area contributed by atoms with Crippen molar-refractivity contribution in [3.05, 3.63) is 91.0 Å². The first kappa shape index (κ1) is 23.1. The Bertz CT molecular complexity index is 1130. The molecule has 0 aliphatic rings. The van der Waals surface area contributed by atoms with E-state index in [1.165, 1.54) is 13.3 Å². The van der Waals surface area contributed by atoms with Crippen molar-refractivity contribution in [2.24, 2.45) is 5.10 Å². The largest absolute Gasteiger partial charge is 0.493 e. The van der Waals surface area contributed by atoms with Gasteiger partial charge in [0.05, 0.1) is 13.3 Å². The van der Waals surface area contributed by atoms with E-state index >= 15 is 0 Å². The van der Waals surface area contributed by atoms with Gasteiger partial charge >= 0.3 is 11.8 Å². The molecule has 0 unspecified atom stereocenters. The molecule has 0 atom stereocenters. The van der Waals surface area contributed by atoms with Crippen LogP contribution < -0.4 is 25.0 Å². The summed E-state index contributed by atoms with van der Waals surface area (Å²) >= 11 is 0. The molecule has 0 saturated heterocycles. The van der Waals surface area contributed by atoms with Crippen molar-refractivity contribution in [3.8, 4) is 23.0 Å². The first-order valence-electron chi connectivity index (χ1n) is 9.98. The van der Waals surface area contributed by atoms with Crippen molar-refractivity contribution >= 4 is 23.7 Å². The minimum atomic E-state index is -0.909. The number of carbonyl (C=O) groups excluding carboxylic acids is 2. The van der Waals surface area contributed by atoms with Crippen LogP contribution in [0.5, 0.6) is 23.0 Å². The summed E-state index contributed by atoms with van der Waals surface area (Å²) in [5.74, 6) is 0.596. The quantitative estimate of drug-likeness (QED) is 0.223. The van der Waals surface area contributed by atoms with E-state index in [0.29, 0.717) is 40.9 Å². The molecule has 0 spiro atoms. The number of ether oxygens (including phenoxy) is 3. The zero-order valence-corrected chi connectivity index (χ0v) is 18.0. The van der Waals surface area contributed by atoms with Gasteiger partial charge in [0, 0.05) is 5.69 Å². The lowest BCUT2D eigenvalue weighted by Gasteiger charge is -2.09. The Kier molecular flexibility index (Phi) is 8.19. The molecule has 0 bridgehead atoms. The number of para-hydroxylation sites is 1. The summed E-state index contributed by atoms with van der Waals surface area (Å²) in [6.45, 7) is 3.94. The zero-order chi connectivity index (χ0) is 23.5. The predicted octanol–water partition coefficient (Wildman–Crippen LogP) is 4.14. The maximum atomic E-state index is 12.1. The molecule has 2 N–H and O–H groups in total. The maximum absolute atomic E-state index is 12.1. The van der Waals surface area contributed by atoms with Crippen molar-refractivity contribution in [2.45, 2.75) is 0 Å². The van der Waals surface area contributed by atoms with Crippen LogP contribution in [0.15, 0.2) is 90.6 Å². The number of amides is 2. The SMILES string of the molecule is C=CCOc1ccc(C=NNC(=O)C(=O)Nc2ccc(Oc3ccccc3)cc2)cc1OC. The van der Waals surface area contributed by atoms with Crippen molar-refractivity contribution in [3.63, 3.8) is 0 Å². The minimum Gasteiger partial charge on any atom is -0.493 e. The van der Waals surface area contributed by atoms with E-state index < -0.39 is 11.8 Å². The molecular formula is C25H23N3O5. The molecule has 2 amide bonds. The Labute approximate surface area is 191 Å². The number of hydrazone groups is 1. The fraction of sp³-hybridized carbons (Fsp3) is 0.0800. The average molecular weight is 445 g/mol. The summed E-state index contributed by atoms with van der Waals surface area (Å²) in [6, 6.07) is 21.1. The van der Waals surface area contributed by atoms with E-state index in [2.05, 4.69) is 22.4 Å². The highest BCUT2D eigenvalue weighted by Crippen LogP contribution is 2.27. The van der Waals surface area contributed by atoms with Gasteiger partial charge in [0.2, 0.25) is 0 Å². The third-order valence-electron chi connectivity index (χ3n) is 4.22. The van der Waals surface area contributed by atoms with Crippen LogP contribution in [-0.2, 0) is 9.59 Å². The molecule has 0 heterocycles. The highest BCUT2D eigenvalue weighted by molar-refractivity contribution is 6.39. The standard InChI is InChI=1S/C25H23N3O5/c1-3-15-32-22-14-9-18(16-23(22)31-2)17-26-28-25(30)24(29)27-19-10-12-21(13-11-19)33-20-7-5-4-6-8-20/h3-14,16-17H,1,15H2,2H3,(H,27,29)(H,28,30). The molecule has 0 radical (unpaired) electrons. The van der Waals surface area contributed by atoms with E-state index in [4.69, 9.17) is 14.2 Å². The van der Waals surface area contributed by atoms with Crippen molar-refractivity contribution < 1.29 is 23.8 Å². The molecule has 0 saturated carbocycles. The van der Waals surface area contributed by atoms with Crippen molar-refractivity contribution in [2.75, 3.05) is 19.0 Å². The number of anilines is 1. The summed E-state index contributed by atoms with van der Waals surface area (Å²) < 4.78 is 16.4. The average Bonchev–Trinajstić information content (AvgIpc) is 2.84. The lowest BCUT2D eigenvalue weighted by molar-refractivity contribution is -0.136. The molecule has 0 aliphatic heterocycles. The van der Waals surface area contributed by atoms with Gasteiger partial charge in [-0.2, -0.15) is 5.10 Å². The molecule has 33 heavy (non-hydrogen) atoms. The number of hydrogen-bond donors (Lipinski definition) is 2. The molecule has 3 rings (SSSR count). The van der Waals surface area contributed by atoms with Gasteiger partial charge in [0.15, 0.2) is 11.5 Å². The lowest BCUT2D eigenvalue weighted by Crippen LogP contribution is -2.32. The Morgan fingerprint density at radius 3 is 2.36 bits per heavy atom. The summed E-state index contributed by atoms with van der Waals surface area (Å²) in [5.41, 5.74) is 3.28. The summed E-state index contributed by atoms with van der Waals surface area (Å²) in [7, 11) is 1.52. The molecule has 8 nitrogen and oxygen atoms in total. The van der Waals surface area contributed by atoms with Crippen LogP contribution in [0.3, 0.4) is 0 Å². The molecule has 0 fully saturated rings. The fourth-order valence-electron chi connectivity index (χ4n) is 2.67. The normalized spacial score (nSPS) is 10.3. The second-order valence-corrected chi connectivity index (χ2v) is 6.60. The second-order valence-electron chi connectivity index (χ2n) is 6.60. The fourth-order valence-corrected chi connectivity index (χ4v) is 2.67. The Balaban J connectivity index is 1.51. The zero-order valence-electron chi connectivity index (χ0n) is 18.0. The summed E-state index contributed by atoms with van der Waals surface area (Å²) in [5, 5.41) is 6.32. The first-order chi connectivity index (χ1) is 16.1. The minimum absolute atomic E-state index is 0.345. The highest BCUT2D eigenvalue weighted by Gasteiger charge is 2.13. The maximum Gasteiger partial charge on any atom is 0.329 e. The van der Waals surface area contributed by atoms with Crippen LogP contribution in [0.2, 0.25) is 0 Å². The molecule has 168 valence electrons. The van der Waals surface area contributed by atoms with Crippen LogP contribution in [0.1, 0.15) is 5.56 Å². The monoisotopic (exact) mass is 445 g/mol. The summed E-state index contributed by atoms with van der Waals surface area (Å²) in [6.07, 6.45) is 3.02.